The van der Waals surface area contributed by atoms with Gasteiger partial charge in [-0.15, -0.1) is 0 Å². The number of rotatable bonds is 3. The topological polar surface area (TPSA) is 30.0 Å². The minimum absolute atomic E-state index is 0.119. The number of halogens is 1. The number of nitrogens with zero attached hydrogens (tertiary/aromatic N) is 1. The second-order valence-corrected chi connectivity index (χ2v) is 4.98. The number of ketones is 1. The molecular formula is C14H12INO. The summed E-state index contributed by atoms with van der Waals surface area (Å²) >= 11 is 2.19. The Hall–Kier alpha value is -1.23. The minimum atomic E-state index is -0.202. The number of carbonyl (C=O) groups excluding carboxylic acids is 1. The van der Waals surface area contributed by atoms with Crippen molar-refractivity contribution in [3.8, 4) is 0 Å². The van der Waals surface area contributed by atoms with Crippen molar-refractivity contribution in [2.24, 2.45) is 0 Å². The van der Waals surface area contributed by atoms with E-state index in [1.165, 1.54) is 0 Å². The van der Waals surface area contributed by atoms with Gasteiger partial charge in [0.15, 0.2) is 5.78 Å². The molecule has 1 atom stereocenters. The lowest BCUT2D eigenvalue weighted by Crippen LogP contribution is -2.12. The van der Waals surface area contributed by atoms with Gasteiger partial charge in [0.05, 0.1) is 11.6 Å². The summed E-state index contributed by atoms with van der Waals surface area (Å²) < 4.78 is 0.984. The molecule has 0 radical (unpaired) electrons. The highest BCUT2D eigenvalue weighted by Crippen LogP contribution is 2.21. The highest BCUT2D eigenvalue weighted by molar-refractivity contribution is 14.1. The van der Waals surface area contributed by atoms with Gasteiger partial charge in [-0.3, -0.25) is 9.78 Å². The maximum Gasteiger partial charge on any atom is 0.172 e. The molecule has 1 heterocycles. The molecule has 2 rings (SSSR count). The summed E-state index contributed by atoms with van der Waals surface area (Å²) in [6.45, 7) is 1.90. The van der Waals surface area contributed by atoms with Crippen LogP contribution in [0.4, 0.5) is 0 Å². The van der Waals surface area contributed by atoms with Crippen molar-refractivity contribution in [1.82, 2.24) is 4.98 Å². The van der Waals surface area contributed by atoms with E-state index in [1.807, 2.05) is 49.4 Å². The predicted octanol–water partition coefficient (Wildman–Crippen LogP) is 3.67. The highest BCUT2D eigenvalue weighted by atomic mass is 127. The largest absolute Gasteiger partial charge is 0.293 e. The van der Waals surface area contributed by atoms with E-state index in [4.69, 9.17) is 0 Å². The Labute approximate surface area is 114 Å². The van der Waals surface area contributed by atoms with Gasteiger partial charge >= 0.3 is 0 Å². The zero-order valence-corrected chi connectivity index (χ0v) is 11.6. The molecule has 0 aliphatic heterocycles. The Morgan fingerprint density at radius 3 is 2.53 bits per heavy atom. The molecule has 0 saturated carbocycles. The Bertz CT molecular complexity index is 525. The molecule has 0 spiro atoms. The van der Waals surface area contributed by atoms with Crippen molar-refractivity contribution in [3.05, 3.63) is 63.5 Å². The first-order chi connectivity index (χ1) is 8.20. The van der Waals surface area contributed by atoms with Crippen LogP contribution >= 0.6 is 22.6 Å². The van der Waals surface area contributed by atoms with Gasteiger partial charge in [-0.2, -0.15) is 0 Å². The summed E-state index contributed by atoms with van der Waals surface area (Å²) in [5.41, 5.74) is 1.59. The van der Waals surface area contributed by atoms with Crippen molar-refractivity contribution in [1.29, 1.82) is 0 Å². The van der Waals surface area contributed by atoms with Crippen LogP contribution in [0.1, 0.15) is 28.9 Å². The third-order valence-electron chi connectivity index (χ3n) is 2.66. The Kier molecular flexibility index (Phi) is 3.89. The Morgan fingerprint density at radius 1 is 1.18 bits per heavy atom. The third kappa shape index (κ3) is 2.72. The van der Waals surface area contributed by atoms with Gasteiger partial charge in [0.2, 0.25) is 0 Å². The molecule has 2 nitrogen and oxygen atoms in total. The molecule has 86 valence electrons. The molecule has 17 heavy (non-hydrogen) atoms. The van der Waals surface area contributed by atoms with Gasteiger partial charge in [-0.1, -0.05) is 24.3 Å². The van der Waals surface area contributed by atoms with Crippen LogP contribution in [0.2, 0.25) is 0 Å². The van der Waals surface area contributed by atoms with Crippen molar-refractivity contribution in [3.63, 3.8) is 0 Å². The highest BCUT2D eigenvalue weighted by Gasteiger charge is 2.19. The fraction of sp³-hybridized carbons (Fsp3) is 0.143. The molecular weight excluding hydrogens is 325 g/mol. The summed E-state index contributed by atoms with van der Waals surface area (Å²) in [4.78, 5) is 16.6. The zero-order chi connectivity index (χ0) is 12.3. The molecule has 0 aliphatic rings. The quantitative estimate of drug-likeness (QED) is 0.632. The van der Waals surface area contributed by atoms with E-state index in [0.29, 0.717) is 0 Å². The fourth-order valence-corrected chi connectivity index (χ4v) is 2.31. The van der Waals surface area contributed by atoms with E-state index in [2.05, 4.69) is 27.6 Å². The second-order valence-electron chi connectivity index (χ2n) is 3.82. The zero-order valence-electron chi connectivity index (χ0n) is 9.43. The van der Waals surface area contributed by atoms with Crippen LogP contribution in [-0.2, 0) is 0 Å². The monoisotopic (exact) mass is 337 g/mol. The van der Waals surface area contributed by atoms with Crippen LogP contribution in [-0.4, -0.2) is 10.8 Å². The molecule has 0 fully saturated rings. The van der Waals surface area contributed by atoms with E-state index in [9.17, 15) is 4.79 Å². The van der Waals surface area contributed by atoms with Crippen molar-refractivity contribution < 1.29 is 4.79 Å². The van der Waals surface area contributed by atoms with Crippen LogP contribution in [0.3, 0.4) is 0 Å². The summed E-state index contributed by atoms with van der Waals surface area (Å²) in [7, 11) is 0. The van der Waals surface area contributed by atoms with E-state index in [0.717, 1.165) is 14.8 Å². The Morgan fingerprint density at radius 2 is 1.88 bits per heavy atom. The number of hydrogen-bond donors (Lipinski definition) is 0. The van der Waals surface area contributed by atoms with Gasteiger partial charge < -0.3 is 0 Å². The first kappa shape index (κ1) is 12.2. The first-order valence-corrected chi connectivity index (χ1v) is 6.47. The van der Waals surface area contributed by atoms with Crippen molar-refractivity contribution >= 4 is 28.4 Å². The van der Waals surface area contributed by atoms with Gasteiger partial charge in [0.25, 0.3) is 0 Å². The number of pyridine rings is 1. The lowest BCUT2D eigenvalue weighted by Gasteiger charge is -2.10. The second kappa shape index (κ2) is 5.40. The Balaban J connectivity index is 2.30. The molecule has 0 bridgehead atoms. The van der Waals surface area contributed by atoms with Crippen LogP contribution < -0.4 is 0 Å². The van der Waals surface area contributed by atoms with Crippen LogP contribution in [0.25, 0.3) is 0 Å². The minimum Gasteiger partial charge on any atom is -0.293 e. The standard InChI is InChI=1S/C14H12INO/c1-10(13-8-4-5-9-16-13)14(17)11-6-2-3-7-12(11)15/h2-10H,1H3. The first-order valence-electron chi connectivity index (χ1n) is 5.40. The summed E-state index contributed by atoms with van der Waals surface area (Å²) in [5.74, 6) is -0.0826. The summed E-state index contributed by atoms with van der Waals surface area (Å²) in [5, 5.41) is 0. The molecule has 1 aromatic carbocycles. The average Bonchev–Trinajstić information content (AvgIpc) is 2.39. The smallest absolute Gasteiger partial charge is 0.172 e. The van der Waals surface area contributed by atoms with Gasteiger partial charge in [-0.05, 0) is 47.7 Å². The van der Waals surface area contributed by atoms with Crippen LogP contribution in [0.5, 0.6) is 0 Å². The SMILES string of the molecule is CC(C(=O)c1ccccc1I)c1ccccn1. The van der Waals surface area contributed by atoms with E-state index in [-0.39, 0.29) is 11.7 Å². The number of Topliss-reactive ketones (excluding diaryl/α,β-unsaturated/α-hetero) is 1. The van der Waals surface area contributed by atoms with Crippen molar-refractivity contribution in [2.75, 3.05) is 0 Å². The molecule has 0 N–H and O–H groups in total. The van der Waals surface area contributed by atoms with Gasteiger partial charge in [0.1, 0.15) is 0 Å². The lowest BCUT2D eigenvalue weighted by atomic mass is 9.96. The summed E-state index contributed by atoms with van der Waals surface area (Å²) in [6.07, 6.45) is 1.72. The van der Waals surface area contributed by atoms with Crippen LogP contribution in [0.15, 0.2) is 48.7 Å². The summed E-state index contributed by atoms with van der Waals surface area (Å²) in [6, 6.07) is 13.3. The van der Waals surface area contributed by atoms with Gasteiger partial charge in [0, 0.05) is 15.3 Å². The maximum atomic E-state index is 12.3. The van der Waals surface area contributed by atoms with Crippen molar-refractivity contribution in [2.45, 2.75) is 12.8 Å². The fourth-order valence-electron chi connectivity index (χ4n) is 1.66. The lowest BCUT2D eigenvalue weighted by molar-refractivity contribution is 0.0963. The average molecular weight is 337 g/mol. The number of carbonyl (C=O) groups is 1. The molecule has 1 aromatic heterocycles. The maximum absolute atomic E-state index is 12.3. The van der Waals surface area contributed by atoms with E-state index < -0.39 is 0 Å². The normalized spacial score (nSPS) is 12.1. The molecule has 2 aromatic rings. The van der Waals surface area contributed by atoms with E-state index >= 15 is 0 Å². The number of hydrogen-bond acceptors (Lipinski definition) is 2. The van der Waals surface area contributed by atoms with Gasteiger partial charge in [-0.25, -0.2) is 0 Å². The molecule has 3 heteroatoms. The number of benzene rings is 1. The predicted molar refractivity (Wildman–Crippen MR) is 76.1 cm³/mol. The third-order valence-corrected chi connectivity index (χ3v) is 3.60. The molecule has 1 unspecified atom stereocenters. The number of aromatic nitrogens is 1. The van der Waals surface area contributed by atoms with E-state index in [1.54, 1.807) is 6.20 Å². The van der Waals surface area contributed by atoms with Crippen LogP contribution in [0, 0.1) is 3.57 Å². The molecule has 0 aliphatic carbocycles. The molecule has 0 saturated heterocycles. The molecule has 0 amide bonds.